The Morgan fingerprint density at radius 2 is 1.92 bits per heavy atom. The van der Waals surface area contributed by atoms with Gasteiger partial charge >= 0.3 is 19.0 Å². The number of benzene rings is 1. The fourth-order valence-electron chi connectivity index (χ4n) is 1.59. The highest BCUT2D eigenvalue weighted by Crippen LogP contribution is 2.48. The Hall–Kier alpha value is -1.24. The number of halogens is 4. The van der Waals surface area contributed by atoms with Crippen molar-refractivity contribution in [1.29, 1.82) is 0 Å². The average Bonchev–Trinajstić information content (AvgIpc) is 2.46. The molecule has 1 aromatic rings. The van der Waals surface area contributed by atoms with Crippen molar-refractivity contribution < 1.29 is 31.8 Å². The van der Waals surface area contributed by atoms with Crippen LogP contribution in [0.15, 0.2) is 24.3 Å². The van der Waals surface area contributed by atoms with Crippen LogP contribution in [0.3, 0.4) is 0 Å². The van der Waals surface area contributed by atoms with Gasteiger partial charge in [-0.25, -0.2) is 9.65 Å². The predicted octanol–water partition coefficient (Wildman–Crippen LogP) is 4.75. The summed E-state index contributed by atoms with van der Waals surface area (Å²) in [5.74, 6) is -0.777. The molecule has 1 aromatic carbocycles. The average molecular weight is 388 g/mol. The molecule has 0 fully saturated rings. The van der Waals surface area contributed by atoms with E-state index in [-0.39, 0.29) is 12.4 Å². The van der Waals surface area contributed by atoms with Crippen LogP contribution in [0.5, 0.6) is 5.75 Å². The molecule has 1 N–H and O–H groups in total. The van der Waals surface area contributed by atoms with Gasteiger partial charge in [-0.3, -0.25) is 4.79 Å². The Labute approximate surface area is 142 Å². The molecular weight excluding hydrogens is 370 g/mol. The van der Waals surface area contributed by atoms with E-state index in [1.807, 2.05) is 6.92 Å². The zero-order valence-electron chi connectivity index (χ0n) is 13.1. The summed E-state index contributed by atoms with van der Waals surface area (Å²) in [6, 6.07) is 2.52. The van der Waals surface area contributed by atoms with Crippen molar-refractivity contribution in [3.63, 3.8) is 0 Å². The van der Waals surface area contributed by atoms with Gasteiger partial charge in [0.1, 0.15) is 11.8 Å². The summed E-state index contributed by atoms with van der Waals surface area (Å²) in [5, 5.41) is 2.28. The second-order valence-corrected chi connectivity index (χ2v) is 7.70. The van der Waals surface area contributed by atoms with Crippen molar-refractivity contribution >= 4 is 24.1 Å². The van der Waals surface area contributed by atoms with Gasteiger partial charge < -0.3 is 9.26 Å². The third-order valence-corrected chi connectivity index (χ3v) is 4.49. The van der Waals surface area contributed by atoms with Gasteiger partial charge in [0.05, 0.1) is 12.2 Å². The Kier molecular flexibility index (Phi) is 7.57. The molecular formula is C14H18ClF3NO4P. The number of hydrogen-bond acceptors (Lipinski definition) is 4. The number of alkyl halides is 3. The lowest BCUT2D eigenvalue weighted by molar-refractivity contribution is -0.145. The quantitative estimate of drug-likeness (QED) is 0.396. The van der Waals surface area contributed by atoms with Crippen molar-refractivity contribution in [2.75, 3.05) is 6.61 Å². The summed E-state index contributed by atoms with van der Waals surface area (Å²) >= 11 is 5.69. The van der Waals surface area contributed by atoms with Crippen molar-refractivity contribution in [2.24, 2.45) is 0 Å². The van der Waals surface area contributed by atoms with Crippen molar-refractivity contribution in [3.05, 3.63) is 29.8 Å². The molecule has 0 aliphatic carbocycles. The molecule has 136 valence electrons. The molecule has 0 saturated heterocycles. The molecule has 1 unspecified atom stereocenters. The largest absolute Gasteiger partial charge is 0.465 e. The van der Waals surface area contributed by atoms with Crippen molar-refractivity contribution in [1.82, 2.24) is 5.09 Å². The van der Waals surface area contributed by atoms with E-state index in [1.54, 1.807) is 0 Å². The molecule has 0 bridgehead atoms. The summed E-state index contributed by atoms with van der Waals surface area (Å²) in [5.41, 5.74) is -0.875. The van der Waals surface area contributed by atoms with Crippen LogP contribution in [0, 0.1) is 0 Å². The second kappa shape index (κ2) is 8.74. The SMILES string of the molecule is CCCCOC(=O)[C@H](C)NP(=O)(Cl)Oc1ccc(C(F)(F)F)cc1. The summed E-state index contributed by atoms with van der Waals surface area (Å²) in [4.78, 5) is 11.7. The zero-order valence-corrected chi connectivity index (χ0v) is 14.8. The summed E-state index contributed by atoms with van der Waals surface area (Å²) in [6.45, 7) is -0.430. The van der Waals surface area contributed by atoms with Crippen LogP contribution < -0.4 is 9.61 Å². The van der Waals surface area contributed by atoms with Gasteiger partial charge in [0.2, 0.25) is 0 Å². The number of hydrogen-bond donors (Lipinski definition) is 1. The number of nitrogens with one attached hydrogen (secondary N) is 1. The van der Waals surface area contributed by atoms with Crippen LogP contribution >= 0.6 is 18.1 Å². The lowest BCUT2D eigenvalue weighted by atomic mass is 10.2. The molecule has 2 atom stereocenters. The summed E-state index contributed by atoms with van der Waals surface area (Å²) in [6.07, 6.45) is -2.95. The Balaban J connectivity index is 2.62. The van der Waals surface area contributed by atoms with Crippen LogP contribution in [0.4, 0.5) is 13.2 Å². The summed E-state index contributed by atoms with van der Waals surface area (Å²) < 4.78 is 59.4. The minimum atomic E-state index is -4.49. The molecule has 0 amide bonds. The maximum Gasteiger partial charge on any atom is 0.416 e. The fourth-order valence-corrected chi connectivity index (χ4v) is 3.28. The van der Waals surface area contributed by atoms with Crippen molar-refractivity contribution in [3.8, 4) is 5.75 Å². The molecule has 0 aliphatic heterocycles. The Morgan fingerprint density at radius 3 is 2.42 bits per heavy atom. The second-order valence-electron chi connectivity index (χ2n) is 4.96. The predicted molar refractivity (Wildman–Crippen MR) is 84.0 cm³/mol. The first-order chi connectivity index (χ1) is 11.0. The van der Waals surface area contributed by atoms with Crippen molar-refractivity contribution in [2.45, 2.75) is 38.9 Å². The first kappa shape index (κ1) is 20.8. The first-order valence-corrected chi connectivity index (χ1v) is 9.69. The third kappa shape index (κ3) is 7.11. The number of ether oxygens (including phenoxy) is 1. The van der Waals surface area contributed by atoms with Crippen LogP contribution in [-0.4, -0.2) is 18.6 Å². The number of unbranched alkanes of at least 4 members (excludes halogenated alkanes) is 1. The van der Waals surface area contributed by atoms with E-state index in [2.05, 4.69) is 5.09 Å². The van der Waals surface area contributed by atoms with E-state index < -0.39 is 30.6 Å². The number of carbonyl (C=O) groups excluding carboxylic acids is 1. The van der Waals surface area contributed by atoms with Crippen LogP contribution in [-0.2, 0) is 20.3 Å². The van der Waals surface area contributed by atoms with Crippen LogP contribution in [0.1, 0.15) is 32.3 Å². The molecule has 0 radical (unpaired) electrons. The topological polar surface area (TPSA) is 64.6 Å². The van der Waals surface area contributed by atoms with Gasteiger partial charge in [-0.1, -0.05) is 13.3 Å². The van der Waals surface area contributed by atoms with E-state index in [1.165, 1.54) is 6.92 Å². The normalized spacial score (nSPS) is 15.4. The number of rotatable bonds is 8. The highest BCUT2D eigenvalue weighted by molar-refractivity contribution is 7.84. The fraction of sp³-hybridized carbons (Fsp3) is 0.500. The van der Waals surface area contributed by atoms with Gasteiger partial charge in [-0.2, -0.15) is 13.2 Å². The molecule has 0 aliphatic rings. The standard InChI is InChI=1S/C14H18ClF3NO4P/c1-3-4-9-22-13(20)10(2)19-24(15,21)23-12-7-5-11(6-8-12)14(16,17)18/h5-8,10H,3-4,9H2,1-2H3,(H,19,21)/t10-,24?/m0/s1. The molecule has 0 spiro atoms. The molecule has 10 heteroatoms. The first-order valence-electron chi connectivity index (χ1n) is 7.16. The lowest BCUT2D eigenvalue weighted by Crippen LogP contribution is -2.33. The van der Waals surface area contributed by atoms with Gasteiger partial charge in [0.25, 0.3) is 0 Å². The molecule has 0 heterocycles. The minimum absolute atomic E-state index is 0.125. The lowest BCUT2D eigenvalue weighted by Gasteiger charge is -2.18. The van der Waals surface area contributed by atoms with Crippen LogP contribution in [0.2, 0.25) is 0 Å². The molecule has 0 saturated carbocycles. The Bertz CT molecular complexity index is 595. The number of esters is 1. The van der Waals surface area contributed by atoms with E-state index in [0.717, 1.165) is 30.7 Å². The maximum absolute atomic E-state index is 12.5. The van der Waals surface area contributed by atoms with Gasteiger partial charge in [0, 0.05) is 11.2 Å². The van der Waals surface area contributed by atoms with E-state index in [4.69, 9.17) is 20.5 Å². The minimum Gasteiger partial charge on any atom is -0.465 e. The third-order valence-electron chi connectivity index (χ3n) is 2.85. The molecule has 0 aromatic heterocycles. The van der Waals surface area contributed by atoms with Crippen LogP contribution in [0.25, 0.3) is 0 Å². The molecule has 5 nitrogen and oxygen atoms in total. The molecule has 24 heavy (non-hydrogen) atoms. The summed E-state index contributed by atoms with van der Waals surface area (Å²) in [7, 11) is 0. The molecule has 1 rings (SSSR count). The zero-order chi connectivity index (χ0) is 18.4. The van der Waals surface area contributed by atoms with E-state index >= 15 is 0 Å². The maximum atomic E-state index is 12.5. The number of carbonyl (C=O) groups is 1. The van der Waals surface area contributed by atoms with E-state index in [0.29, 0.717) is 6.42 Å². The van der Waals surface area contributed by atoms with E-state index in [9.17, 15) is 22.5 Å². The smallest absolute Gasteiger partial charge is 0.416 e. The van der Waals surface area contributed by atoms with Gasteiger partial charge in [-0.15, -0.1) is 0 Å². The Morgan fingerprint density at radius 1 is 1.33 bits per heavy atom. The highest BCUT2D eigenvalue weighted by atomic mass is 35.7. The van der Waals surface area contributed by atoms with Gasteiger partial charge in [-0.05, 0) is 37.6 Å². The van der Waals surface area contributed by atoms with Gasteiger partial charge in [0.15, 0.2) is 0 Å². The monoisotopic (exact) mass is 387 g/mol. The highest BCUT2D eigenvalue weighted by Gasteiger charge is 2.31.